The fourth-order valence-corrected chi connectivity index (χ4v) is 3.97. The Balaban J connectivity index is 1.80. The molecule has 134 valence electrons. The predicted molar refractivity (Wildman–Crippen MR) is 92.1 cm³/mol. The highest BCUT2D eigenvalue weighted by atomic mass is 32.2. The van der Waals surface area contributed by atoms with Gasteiger partial charge < -0.3 is 15.0 Å². The first-order valence-corrected chi connectivity index (χ1v) is 10.0. The summed E-state index contributed by atoms with van der Waals surface area (Å²) in [6, 6.07) is 0.517. The van der Waals surface area contributed by atoms with Gasteiger partial charge in [0.05, 0.1) is 18.5 Å². The van der Waals surface area contributed by atoms with E-state index in [0.717, 1.165) is 5.96 Å². The minimum Gasteiger partial charge on any atom is -0.378 e. The summed E-state index contributed by atoms with van der Waals surface area (Å²) in [5.74, 6) is 1.64. The molecule has 0 bridgehead atoms. The van der Waals surface area contributed by atoms with Gasteiger partial charge in [-0.2, -0.15) is 4.31 Å². The van der Waals surface area contributed by atoms with Crippen LogP contribution in [0, 0.1) is 5.92 Å². The molecule has 1 aliphatic heterocycles. The fourth-order valence-electron chi connectivity index (χ4n) is 2.68. The lowest BCUT2D eigenvalue weighted by Crippen LogP contribution is -2.54. The summed E-state index contributed by atoms with van der Waals surface area (Å²) >= 11 is 0. The van der Waals surface area contributed by atoms with E-state index in [1.54, 1.807) is 11.4 Å². The number of rotatable bonds is 6. The molecule has 1 saturated carbocycles. The summed E-state index contributed by atoms with van der Waals surface area (Å²) in [5, 5.41) is 3.45. The minimum atomic E-state index is -3.23. The highest BCUT2D eigenvalue weighted by molar-refractivity contribution is 7.89. The third-order valence-electron chi connectivity index (χ3n) is 4.36. The lowest BCUT2D eigenvalue weighted by Gasteiger charge is -2.36. The number of nitrogens with one attached hydrogen (secondary N) is 1. The molecular weight excluding hydrogens is 316 g/mol. The first kappa shape index (κ1) is 18.5. The van der Waals surface area contributed by atoms with E-state index >= 15 is 0 Å². The van der Waals surface area contributed by atoms with Crippen molar-refractivity contribution in [1.29, 1.82) is 0 Å². The summed E-state index contributed by atoms with van der Waals surface area (Å²) in [7, 11) is -1.45. The number of piperazine rings is 1. The van der Waals surface area contributed by atoms with Crippen LogP contribution in [0.4, 0.5) is 0 Å². The molecule has 0 aromatic rings. The zero-order valence-electron chi connectivity index (χ0n) is 14.7. The molecule has 2 aliphatic rings. The van der Waals surface area contributed by atoms with E-state index in [1.807, 2.05) is 13.8 Å². The number of ether oxygens (including phenoxy) is 1. The van der Waals surface area contributed by atoms with Crippen molar-refractivity contribution in [2.75, 3.05) is 45.6 Å². The van der Waals surface area contributed by atoms with Crippen molar-refractivity contribution in [3.05, 3.63) is 0 Å². The molecule has 2 unspecified atom stereocenters. The van der Waals surface area contributed by atoms with Crippen LogP contribution in [0.1, 0.15) is 27.2 Å². The number of aliphatic imine (C=N–C) groups is 1. The number of hydrogen-bond acceptors (Lipinski definition) is 4. The average molecular weight is 346 g/mol. The Bertz CT molecular complexity index is 513. The van der Waals surface area contributed by atoms with E-state index in [2.05, 4.69) is 22.1 Å². The first-order chi connectivity index (χ1) is 10.8. The molecule has 1 saturated heterocycles. The van der Waals surface area contributed by atoms with E-state index in [1.165, 1.54) is 6.42 Å². The maximum atomic E-state index is 12.3. The van der Waals surface area contributed by atoms with Crippen LogP contribution in [-0.2, 0) is 14.8 Å². The number of sulfonamides is 1. The molecule has 1 heterocycles. The summed E-state index contributed by atoms with van der Waals surface area (Å²) in [4.78, 5) is 6.47. The number of hydrogen-bond donors (Lipinski definition) is 1. The highest BCUT2D eigenvalue weighted by Crippen LogP contribution is 2.29. The number of nitrogens with zero attached hydrogens (tertiary/aromatic N) is 3. The monoisotopic (exact) mass is 346 g/mol. The normalized spacial score (nSPS) is 26.7. The molecule has 0 radical (unpaired) electrons. The van der Waals surface area contributed by atoms with Crippen LogP contribution in [0.15, 0.2) is 4.99 Å². The van der Waals surface area contributed by atoms with Gasteiger partial charge >= 0.3 is 0 Å². The van der Waals surface area contributed by atoms with Gasteiger partial charge in [0, 0.05) is 39.3 Å². The Labute approximate surface area is 140 Å². The molecular formula is C15H30N4O3S. The largest absolute Gasteiger partial charge is 0.378 e. The van der Waals surface area contributed by atoms with E-state index in [-0.39, 0.29) is 18.5 Å². The number of guanidine groups is 1. The third kappa shape index (κ3) is 5.32. The van der Waals surface area contributed by atoms with Gasteiger partial charge in [0.25, 0.3) is 0 Å². The van der Waals surface area contributed by atoms with Crippen molar-refractivity contribution in [2.45, 2.75) is 39.3 Å². The lowest BCUT2D eigenvalue weighted by molar-refractivity contribution is 0.0904. The van der Waals surface area contributed by atoms with E-state index < -0.39 is 10.0 Å². The Morgan fingerprint density at radius 3 is 2.39 bits per heavy atom. The standard InChI is InChI=1S/C15H30N4O3S/c1-12(2)22-9-10-23(20,21)19-7-5-18(6-8-19)15(16-4)17-14-11-13(14)3/h12-14H,5-11H2,1-4H3,(H,16,17). The fraction of sp³-hybridized carbons (Fsp3) is 0.933. The van der Waals surface area contributed by atoms with Crippen LogP contribution in [0.25, 0.3) is 0 Å². The molecule has 0 spiro atoms. The Kier molecular flexibility index (Phi) is 6.27. The first-order valence-electron chi connectivity index (χ1n) is 8.41. The molecule has 7 nitrogen and oxygen atoms in total. The molecule has 0 aromatic carbocycles. The second kappa shape index (κ2) is 7.81. The van der Waals surface area contributed by atoms with Gasteiger partial charge in [-0.1, -0.05) is 6.92 Å². The zero-order valence-corrected chi connectivity index (χ0v) is 15.5. The van der Waals surface area contributed by atoms with Gasteiger partial charge in [-0.15, -0.1) is 0 Å². The highest BCUT2D eigenvalue weighted by Gasteiger charge is 2.35. The molecule has 23 heavy (non-hydrogen) atoms. The van der Waals surface area contributed by atoms with Crippen LogP contribution < -0.4 is 5.32 Å². The van der Waals surface area contributed by atoms with Gasteiger partial charge in [-0.25, -0.2) is 8.42 Å². The molecule has 0 aromatic heterocycles. The maximum absolute atomic E-state index is 12.3. The molecule has 1 aliphatic carbocycles. The van der Waals surface area contributed by atoms with Gasteiger partial charge in [0.1, 0.15) is 0 Å². The molecule has 2 rings (SSSR count). The lowest BCUT2D eigenvalue weighted by atomic mass is 10.4. The maximum Gasteiger partial charge on any atom is 0.216 e. The van der Waals surface area contributed by atoms with Crippen molar-refractivity contribution in [3.63, 3.8) is 0 Å². The second-order valence-corrected chi connectivity index (χ2v) is 8.72. The van der Waals surface area contributed by atoms with Crippen molar-refractivity contribution in [3.8, 4) is 0 Å². The van der Waals surface area contributed by atoms with Crippen LogP contribution >= 0.6 is 0 Å². The van der Waals surface area contributed by atoms with Crippen molar-refractivity contribution < 1.29 is 13.2 Å². The quantitative estimate of drug-likeness (QED) is 0.555. The van der Waals surface area contributed by atoms with Crippen molar-refractivity contribution >= 4 is 16.0 Å². The smallest absolute Gasteiger partial charge is 0.216 e. The van der Waals surface area contributed by atoms with Crippen LogP contribution in [0.3, 0.4) is 0 Å². The van der Waals surface area contributed by atoms with Crippen LogP contribution in [-0.4, -0.2) is 81.3 Å². The summed E-state index contributed by atoms with van der Waals surface area (Å²) in [5.41, 5.74) is 0. The molecule has 2 atom stereocenters. The van der Waals surface area contributed by atoms with E-state index in [4.69, 9.17) is 4.74 Å². The zero-order chi connectivity index (χ0) is 17.0. The Morgan fingerprint density at radius 1 is 1.30 bits per heavy atom. The molecule has 0 amide bonds. The summed E-state index contributed by atoms with van der Waals surface area (Å²) in [6.45, 7) is 8.64. The molecule has 1 N–H and O–H groups in total. The van der Waals surface area contributed by atoms with Gasteiger partial charge in [0.15, 0.2) is 5.96 Å². The Hall–Kier alpha value is -0.860. The van der Waals surface area contributed by atoms with E-state index in [0.29, 0.717) is 38.1 Å². The van der Waals surface area contributed by atoms with Gasteiger partial charge in [-0.05, 0) is 26.2 Å². The minimum absolute atomic E-state index is 0.0533. The predicted octanol–water partition coefficient (Wildman–Crippen LogP) is 0.343. The van der Waals surface area contributed by atoms with E-state index in [9.17, 15) is 8.42 Å². The Morgan fingerprint density at radius 2 is 1.91 bits per heavy atom. The summed E-state index contributed by atoms with van der Waals surface area (Å²) < 4.78 is 31.6. The molecule has 8 heteroatoms. The molecule has 2 fully saturated rings. The SMILES string of the molecule is CN=C(NC1CC1C)N1CCN(S(=O)(=O)CCOC(C)C)CC1. The van der Waals surface area contributed by atoms with Crippen molar-refractivity contribution in [2.24, 2.45) is 10.9 Å². The van der Waals surface area contributed by atoms with Gasteiger partial charge in [0.2, 0.25) is 10.0 Å². The van der Waals surface area contributed by atoms with Crippen LogP contribution in [0.2, 0.25) is 0 Å². The second-order valence-electron chi connectivity index (χ2n) is 6.63. The van der Waals surface area contributed by atoms with Gasteiger partial charge in [-0.3, -0.25) is 4.99 Å². The van der Waals surface area contributed by atoms with Crippen LogP contribution in [0.5, 0.6) is 0 Å². The summed E-state index contributed by atoms with van der Waals surface area (Å²) in [6.07, 6.45) is 1.24. The third-order valence-corrected chi connectivity index (χ3v) is 6.19. The average Bonchev–Trinajstić information content (AvgIpc) is 3.19. The topological polar surface area (TPSA) is 74.2 Å². The van der Waals surface area contributed by atoms with Crippen molar-refractivity contribution in [1.82, 2.24) is 14.5 Å².